The molecule has 2 aromatic rings. The summed E-state index contributed by atoms with van der Waals surface area (Å²) in [5.41, 5.74) is 0.286. The number of nitrogens with zero attached hydrogens (tertiary/aromatic N) is 3. The highest BCUT2D eigenvalue weighted by atomic mass is 19.1. The van der Waals surface area contributed by atoms with E-state index in [-0.39, 0.29) is 24.2 Å². The van der Waals surface area contributed by atoms with E-state index in [1.807, 2.05) is 0 Å². The quantitative estimate of drug-likeness (QED) is 0.929. The lowest BCUT2D eigenvalue weighted by atomic mass is 10.0. The molecule has 0 spiro atoms. The fraction of sp³-hybridized carbons (Fsp3) is 0.389. The predicted molar refractivity (Wildman–Crippen MR) is 84.8 cm³/mol. The molecule has 1 saturated carbocycles. The van der Waals surface area contributed by atoms with Crippen LogP contribution in [0.2, 0.25) is 0 Å². The van der Waals surface area contributed by atoms with Gasteiger partial charge < -0.3 is 10.0 Å². The first-order valence-electron chi connectivity index (χ1n) is 8.30. The smallest absolute Gasteiger partial charge is 0.273 e. The van der Waals surface area contributed by atoms with Crippen molar-refractivity contribution in [2.45, 2.75) is 37.3 Å². The third-order valence-corrected chi connectivity index (χ3v) is 4.69. The minimum absolute atomic E-state index is 0.0578. The molecule has 1 aliphatic heterocycles. The second-order valence-corrected chi connectivity index (χ2v) is 6.60. The number of carbonyl (C=O) groups is 1. The molecule has 0 bridgehead atoms. The van der Waals surface area contributed by atoms with E-state index in [0.717, 1.165) is 31.0 Å². The molecular weight excluding hydrogens is 328 g/mol. The van der Waals surface area contributed by atoms with Crippen LogP contribution in [0.5, 0.6) is 0 Å². The molecule has 1 aromatic carbocycles. The van der Waals surface area contributed by atoms with Crippen molar-refractivity contribution in [1.82, 2.24) is 14.9 Å². The number of hydrogen-bond donors (Lipinski definition) is 1. The van der Waals surface area contributed by atoms with Gasteiger partial charge >= 0.3 is 0 Å². The van der Waals surface area contributed by atoms with E-state index < -0.39 is 29.7 Å². The van der Waals surface area contributed by atoms with Crippen molar-refractivity contribution in [1.29, 1.82) is 0 Å². The maximum atomic E-state index is 14.2. The van der Waals surface area contributed by atoms with Crippen LogP contribution in [0.15, 0.2) is 30.5 Å². The topological polar surface area (TPSA) is 66.3 Å². The second kappa shape index (κ2) is 6.15. The van der Waals surface area contributed by atoms with E-state index in [1.165, 1.54) is 17.2 Å². The number of amides is 1. The van der Waals surface area contributed by atoms with Gasteiger partial charge in [-0.15, -0.1) is 0 Å². The fourth-order valence-corrected chi connectivity index (χ4v) is 3.28. The molecule has 130 valence electrons. The average Bonchev–Trinajstić information content (AvgIpc) is 3.39. The van der Waals surface area contributed by atoms with E-state index in [0.29, 0.717) is 11.7 Å². The van der Waals surface area contributed by atoms with Crippen LogP contribution in [0.25, 0.3) is 0 Å². The number of aliphatic hydroxyl groups is 1. The Hall–Kier alpha value is -2.41. The van der Waals surface area contributed by atoms with Gasteiger partial charge in [-0.3, -0.25) is 4.79 Å². The number of benzene rings is 1. The van der Waals surface area contributed by atoms with Gasteiger partial charge in [0.2, 0.25) is 0 Å². The van der Waals surface area contributed by atoms with Crippen molar-refractivity contribution in [3.8, 4) is 0 Å². The number of aliphatic hydroxyl groups excluding tert-OH is 1. The molecule has 5 nitrogen and oxygen atoms in total. The molecule has 2 unspecified atom stereocenters. The van der Waals surface area contributed by atoms with Gasteiger partial charge in [0, 0.05) is 24.2 Å². The van der Waals surface area contributed by atoms with Crippen LogP contribution in [0.1, 0.15) is 53.1 Å². The van der Waals surface area contributed by atoms with E-state index in [9.17, 15) is 18.7 Å². The highest BCUT2D eigenvalue weighted by molar-refractivity contribution is 5.92. The summed E-state index contributed by atoms with van der Waals surface area (Å²) in [6.45, 7) is 0.0578. The zero-order chi connectivity index (χ0) is 17.6. The average molecular weight is 345 g/mol. The van der Waals surface area contributed by atoms with Crippen molar-refractivity contribution in [3.63, 3.8) is 0 Å². The summed E-state index contributed by atoms with van der Waals surface area (Å²) in [7, 11) is 0. The van der Waals surface area contributed by atoms with Crippen molar-refractivity contribution < 1.29 is 18.7 Å². The van der Waals surface area contributed by atoms with Gasteiger partial charge in [0.15, 0.2) is 0 Å². The molecule has 0 radical (unpaired) electrons. The summed E-state index contributed by atoms with van der Waals surface area (Å²) >= 11 is 0. The molecule has 1 amide bonds. The summed E-state index contributed by atoms with van der Waals surface area (Å²) in [4.78, 5) is 22.7. The molecular formula is C18H17F2N3O2. The van der Waals surface area contributed by atoms with Gasteiger partial charge in [0.05, 0.1) is 12.1 Å². The Balaban J connectivity index is 1.66. The summed E-state index contributed by atoms with van der Waals surface area (Å²) in [6, 6.07) is 3.93. The fourth-order valence-electron chi connectivity index (χ4n) is 3.28. The van der Waals surface area contributed by atoms with Crippen molar-refractivity contribution in [2.75, 3.05) is 6.54 Å². The Morgan fingerprint density at radius 1 is 1.24 bits per heavy atom. The SMILES string of the molecule is O=C(c1ccnc(C2CC2)n1)N1CC(O)CC1c1cc(F)ccc1F. The van der Waals surface area contributed by atoms with Gasteiger partial charge in [-0.05, 0) is 43.5 Å². The molecule has 1 saturated heterocycles. The number of aromatic nitrogens is 2. The lowest BCUT2D eigenvalue weighted by Gasteiger charge is -2.25. The van der Waals surface area contributed by atoms with Gasteiger partial charge in [0.25, 0.3) is 5.91 Å². The largest absolute Gasteiger partial charge is 0.391 e. The molecule has 1 N–H and O–H groups in total. The molecule has 1 aromatic heterocycles. The van der Waals surface area contributed by atoms with Crippen LogP contribution in [-0.2, 0) is 0 Å². The first-order chi connectivity index (χ1) is 12.0. The number of likely N-dealkylation sites (tertiary alicyclic amines) is 1. The normalized spacial score (nSPS) is 23.1. The van der Waals surface area contributed by atoms with Gasteiger partial charge in [-0.2, -0.15) is 0 Å². The van der Waals surface area contributed by atoms with Crippen molar-refractivity contribution >= 4 is 5.91 Å². The second-order valence-electron chi connectivity index (χ2n) is 6.60. The van der Waals surface area contributed by atoms with Crippen LogP contribution in [0, 0.1) is 11.6 Å². The number of rotatable bonds is 3. The minimum Gasteiger partial charge on any atom is -0.391 e. The summed E-state index contributed by atoms with van der Waals surface area (Å²) < 4.78 is 27.7. The van der Waals surface area contributed by atoms with Gasteiger partial charge in [-0.1, -0.05) is 0 Å². The predicted octanol–water partition coefficient (Wildman–Crippen LogP) is 2.58. The minimum atomic E-state index is -0.790. The highest BCUT2D eigenvalue weighted by Gasteiger charge is 2.38. The molecule has 4 rings (SSSR count). The zero-order valence-electron chi connectivity index (χ0n) is 13.4. The Morgan fingerprint density at radius 2 is 2.04 bits per heavy atom. The Labute approximate surface area is 143 Å². The van der Waals surface area contributed by atoms with E-state index in [4.69, 9.17) is 0 Å². The highest BCUT2D eigenvalue weighted by Crippen LogP contribution is 2.38. The van der Waals surface area contributed by atoms with E-state index >= 15 is 0 Å². The maximum Gasteiger partial charge on any atom is 0.273 e. The van der Waals surface area contributed by atoms with Crippen LogP contribution >= 0.6 is 0 Å². The molecule has 7 heteroatoms. The van der Waals surface area contributed by atoms with Crippen LogP contribution in [0.4, 0.5) is 8.78 Å². The van der Waals surface area contributed by atoms with Crippen molar-refractivity contribution in [3.05, 3.63) is 59.2 Å². The van der Waals surface area contributed by atoms with Crippen LogP contribution in [-0.4, -0.2) is 38.5 Å². The maximum absolute atomic E-state index is 14.2. The number of carbonyl (C=O) groups excluding carboxylic acids is 1. The van der Waals surface area contributed by atoms with E-state index in [1.54, 1.807) is 0 Å². The standard InChI is InChI=1S/C18H17F2N3O2/c19-11-3-4-14(20)13(7-11)16-8-12(24)9-23(16)18(25)15-5-6-21-17(22-15)10-1-2-10/h3-7,10,12,16,24H,1-2,8-9H2. The molecule has 1 aliphatic carbocycles. The van der Waals surface area contributed by atoms with Gasteiger partial charge in [0.1, 0.15) is 23.2 Å². The first-order valence-corrected chi connectivity index (χ1v) is 8.30. The number of hydrogen-bond acceptors (Lipinski definition) is 4. The zero-order valence-corrected chi connectivity index (χ0v) is 13.4. The lowest BCUT2D eigenvalue weighted by molar-refractivity contribution is 0.0707. The van der Waals surface area contributed by atoms with Gasteiger partial charge in [-0.25, -0.2) is 18.7 Å². The Morgan fingerprint density at radius 3 is 2.80 bits per heavy atom. The summed E-state index contributed by atoms with van der Waals surface area (Å²) in [5, 5.41) is 10.00. The third-order valence-electron chi connectivity index (χ3n) is 4.69. The summed E-state index contributed by atoms with van der Waals surface area (Å²) in [6.07, 6.45) is 2.93. The van der Waals surface area contributed by atoms with Crippen LogP contribution in [0.3, 0.4) is 0 Å². The molecule has 25 heavy (non-hydrogen) atoms. The number of β-amino-alcohol motifs (C(OH)–C–C–N with tert-alkyl or cyclic N) is 1. The van der Waals surface area contributed by atoms with Crippen molar-refractivity contribution in [2.24, 2.45) is 0 Å². The Bertz CT molecular complexity index is 826. The first kappa shape index (κ1) is 16.1. The molecule has 2 heterocycles. The van der Waals surface area contributed by atoms with E-state index in [2.05, 4.69) is 9.97 Å². The molecule has 2 atom stereocenters. The molecule has 2 fully saturated rings. The summed E-state index contributed by atoms with van der Waals surface area (Å²) in [5.74, 6) is -0.648. The monoisotopic (exact) mass is 345 g/mol. The Kier molecular flexibility index (Phi) is 3.95. The molecule has 2 aliphatic rings. The third kappa shape index (κ3) is 3.11. The van der Waals surface area contributed by atoms with Crippen LogP contribution < -0.4 is 0 Å². The number of halogens is 2. The lowest BCUT2D eigenvalue weighted by Crippen LogP contribution is -2.33.